The second-order valence-electron chi connectivity index (χ2n) is 4.16. The lowest BCUT2D eigenvalue weighted by Crippen LogP contribution is -2.47. The van der Waals surface area contributed by atoms with E-state index in [-0.39, 0.29) is 12.8 Å². The molecular formula is C11H19N3O4. The molecule has 0 aromatic heterocycles. The number of hydrogen-bond donors (Lipinski definition) is 3. The normalized spacial score (nSPS) is 11.4. The van der Waals surface area contributed by atoms with Gasteiger partial charge in [-0.05, 0) is 13.3 Å². The van der Waals surface area contributed by atoms with Crippen LogP contribution in [0.5, 0.6) is 0 Å². The Hall–Kier alpha value is -2.05. The molecule has 102 valence electrons. The highest BCUT2D eigenvalue weighted by atomic mass is 16.4. The highest BCUT2D eigenvalue weighted by Gasteiger charge is 2.22. The molecular weight excluding hydrogens is 238 g/mol. The van der Waals surface area contributed by atoms with E-state index in [1.165, 1.54) is 11.9 Å². The van der Waals surface area contributed by atoms with Gasteiger partial charge in [0.2, 0.25) is 5.91 Å². The molecule has 0 unspecified atom stereocenters. The summed E-state index contributed by atoms with van der Waals surface area (Å²) in [7, 11) is 1.52. The van der Waals surface area contributed by atoms with E-state index in [4.69, 9.17) is 10.8 Å². The van der Waals surface area contributed by atoms with Crippen molar-refractivity contribution in [2.24, 2.45) is 5.73 Å². The van der Waals surface area contributed by atoms with Crippen molar-refractivity contribution < 1.29 is 19.5 Å². The molecule has 0 saturated carbocycles. The van der Waals surface area contributed by atoms with Gasteiger partial charge in [0.25, 0.3) is 0 Å². The van der Waals surface area contributed by atoms with E-state index >= 15 is 0 Å². The second-order valence-corrected chi connectivity index (χ2v) is 4.16. The first kappa shape index (κ1) is 16.0. The first-order valence-corrected chi connectivity index (χ1v) is 5.41. The molecule has 0 saturated heterocycles. The van der Waals surface area contributed by atoms with Crippen LogP contribution in [0.3, 0.4) is 0 Å². The number of nitrogens with one attached hydrogen (secondary N) is 1. The number of nitrogens with two attached hydrogens (primary N) is 1. The van der Waals surface area contributed by atoms with E-state index in [0.717, 1.165) is 5.57 Å². The molecule has 4 N–H and O–H groups in total. The number of carbonyl (C=O) groups is 3. The molecule has 0 aromatic carbocycles. The summed E-state index contributed by atoms with van der Waals surface area (Å²) < 4.78 is 0. The van der Waals surface area contributed by atoms with Crippen LogP contribution in [0.2, 0.25) is 0 Å². The highest BCUT2D eigenvalue weighted by Crippen LogP contribution is 2.00. The number of carboxylic acid groups (broad SMARTS) is 1. The summed E-state index contributed by atoms with van der Waals surface area (Å²) in [5, 5.41) is 11.2. The lowest BCUT2D eigenvalue weighted by Gasteiger charge is -2.21. The minimum atomic E-state index is -1.20. The third-order valence-corrected chi connectivity index (χ3v) is 2.13. The van der Waals surface area contributed by atoms with Crippen molar-refractivity contribution in [2.45, 2.75) is 25.8 Å². The van der Waals surface area contributed by atoms with E-state index in [1.807, 2.05) is 0 Å². The molecule has 0 rings (SSSR count). The van der Waals surface area contributed by atoms with Gasteiger partial charge in [0, 0.05) is 20.0 Å². The van der Waals surface area contributed by atoms with Crippen molar-refractivity contribution in [1.29, 1.82) is 0 Å². The Balaban J connectivity index is 4.40. The number of rotatable bonds is 7. The molecule has 0 heterocycles. The maximum absolute atomic E-state index is 11.6. The van der Waals surface area contributed by atoms with Crippen LogP contribution in [0.15, 0.2) is 12.2 Å². The van der Waals surface area contributed by atoms with Gasteiger partial charge < -0.3 is 21.1 Å². The molecule has 3 amide bonds. The summed E-state index contributed by atoms with van der Waals surface area (Å²) in [6.45, 7) is 5.73. The van der Waals surface area contributed by atoms with Crippen LogP contribution in [-0.4, -0.2) is 47.5 Å². The predicted octanol–water partition coefficient (Wildman–Crippen LogP) is -0.0774. The van der Waals surface area contributed by atoms with Crippen molar-refractivity contribution in [3.05, 3.63) is 12.2 Å². The summed E-state index contributed by atoms with van der Waals surface area (Å²) in [6.07, 6.45) is -0.126. The number of urea groups is 1. The number of carbonyl (C=O) groups excluding carboxylic acids is 2. The van der Waals surface area contributed by atoms with Crippen molar-refractivity contribution in [1.82, 2.24) is 10.2 Å². The fourth-order valence-corrected chi connectivity index (χ4v) is 1.28. The van der Waals surface area contributed by atoms with Crippen LogP contribution < -0.4 is 11.1 Å². The number of hydrogen-bond acceptors (Lipinski definition) is 3. The van der Waals surface area contributed by atoms with E-state index in [9.17, 15) is 14.4 Å². The van der Waals surface area contributed by atoms with Crippen LogP contribution >= 0.6 is 0 Å². The molecule has 0 aliphatic rings. The van der Waals surface area contributed by atoms with E-state index in [2.05, 4.69) is 11.9 Å². The van der Waals surface area contributed by atoms with Gasteiger partial charge in [-0.25, -0.2) is 9.59 Å². The zero-order valence-corrected chi connectivity index (χ0v) is 10.6. The number of carboxylic acids is 1. The smallest absolute Gasteiger partial charge is 0.326 e. The number of amides is 3. The van der Waals surface area contributed by atoms with Crippen molar-refractivity contribution in [3.63, 3.8) is 0 Å². The highest BCUT2D eigenvalue weighted by molar-refractivity contribution is 5.83. The first-order chi connectivity index (χ1) is 8.23. The predicted molar refractivity (Wildman–Crippen MR) is 65.8 cm³/mol. The van der Waals surface area contributed by atoms with Crippen molar-refractivity contribution >= 4 is 17.9 Å². The van der Waals surface area contributed by atoms with Crippen LogP contribution in [0.1, 0.15) is 19.8 Å². The minimum absolute atomic E-state index is 0.0304. The Morgan fingerprint density at radius 2 is 2.00 bits per heavy atom. The molecule has 0 fully saturated rings. The zero-order chi connectivity index (χ0) is 14.3. The Labute approximate surface area is 106 Å². The van der Waals surface area contributed by atoms with Crippen molar-refractivity contribution in [2.75, 3.05) is 13.6 Å². The molecule has 0 radical (unpaired) electrons. The largest absolute Gasteiger partial charge is 0.480 e. The monoisotopic (exact) mass is 257 g/mol. The Morgan fingerprint density at radius 1 is 1.44 bits per heavy atom. The summed E-state index contributed by atoms with van der Waals surface area (Å²) in [5.41, 5.74) is 5.71. The third-order valence-electron chi connectivity index (χ3n) is 2.13. The van der Waals surface area contributed by atoms with E-state index in [1.54, 1.807) is 6.92 Å². The molecule has 1 atom stereocenters. The van der Waals surface area contributed by atoms with Crippen LogP contribution in [0.4, 0.5) is 4.79 Å². The topological polar surface area (TPSA) is 113 Å². The molecule has 0 aliphatic carbocycles. The Kier molecular flexibility index (Phi) is 6.48. The van der Waals surface area contributed by atoms with Gasteiger partial charge in [-0.15, -0.1) is 0 Å². The Bertz CT molecular complexity index is 354. The lowest BCUT2D eigenvalue weighted by atomic mass is 10.1. The third kappa shape index (κ3) is 6.51. The summed E-state index contributed by atoms with van der Waals surface area (Å²) in [5.74, 6) is -1.81. The average Bonchev–Trinajstić information content (AvgIpc) is 2.21. The minimum Gasteiger partial charge on any atom is -0.480 e. The average molecular weight is 257 g/mol. The fourth-order valence-electron chi connectivity index (χ4n) is 1.28. The SMILES string of the molecule is C=C(C)CN(C)C(=O)N[C@@H](CCC(N)=O)C(=O)O. The number of nitrogens with zero attached hydrogens (tertiary/aromatic N) is 1. The number of primary amides is 1. The first-order valence-electron chi connectivity index (χ1n) is 5.41. The van der Waals surface area contributed by atoms with Gasteiger partial charge in [-0.2, -0.15) is 0 Å². The van der Waals surface area contributed by atoms with E-state index < -0.39 is 23.9 Å². The summed E-state index contributed by atoms with van der Waals surface area (Å²) in [6, 6.07) is -1.66. The van der Waals surface area contributed by atoms with E-state index in [0.29, 0.717) is 6.54 Å². The van der Waals surface area contributed by atoms with Gasteiger partial charge in [0.15, 0.2) is 0 Å². The fraction of sp³-hybridized carbons (Fsp3) is 0.545. The maximum Gasteiger partial charge on any atom is 0.326 e. The molecule has 0 bridgehead atoms. The summed E-state index contributed by atoms with van der Waals surface area (Å²) >= 11 is 0. The summed E-state index contributed by atoms with van der Waals surface area (Å²) in [4.78, 5) is 34.4. The quantitative estimate of drug-likeness (QED) is 0.554. The standard InChI is InChI=1S/C11H19N3O4/c1-7(2)6-14(3)11(18)13-8(10(16)17)4-5-9(12)15/h8H,1,4-6H2,2-3H3,(H2,12,15)(H,13,18)(H,16,17)/t8-/m0/s1. The van der Waals surface area contributed by atoms with Gasteiger partial charge in [0.1, 0.15) is 6.04 Å². The Morgan fingerprint density at radius 3 is 2.39 bits per heavy atom. The van der Waals surface area contributed by atoms with Crippen LogP contribution in [0, 0.1) is 0 Å². The molecule has 7 nitrogen and oxygen atoms in total. The van der Waals surface area contributed by atoms with Crippen molar-refractivity contribution in [3.8, 4) is 0 Å². The van der Waals surface area contributed by atoms with Gasteiger partial charge in [-0.3, -0.25) is 4.79 Å². The van der Waals surface area contributed by atoms with Gasteiger partial charge in [-0.1, -0.05) is 12.2 Å². The number of aliphatic carboxylic acids is 1. The molecule has 0 aromatic rings. The second kappa shape index (κ2) is 7.31. The van der Waals surface area contributed by atoms with Crippen LogP contribution in [0.25, 0.3) is 0 Å². The lowest BCUT2D eigenvalue weighted by molar-refractivity contribution is -0.139. The van der Waals surface area contributed by atoms with Gasteiger partial charge >= 0.3 is 12.0 Å². The molecule has 7 heteroatoms. The van der Waals surface area contributed by atoms with Gasteiger partial charge in [0.05, 0.1) is 0 Å². The molecule has 18 heavy (non-hydrogen) atoms. The molecule has 0 aliphatic heterocycles. The maximum atomic E-state index is 11.6. The number of likely N-dealkylation sites (N-methyl/N-ethyl adjacent to an activating group) is 1. The van der Waals surface area contributed by atoms with Crippen LogP contribution in [-0.2, 0) is 9.59 Å². The zero-order valence-electron chi connectivity index (χ0n) is 10.6. The molecule has 0 spiro atoms.